The fraction of sp³-hybridized carbons (Fsp3) is 0.571. The molecule has 0 saturated carbocycles. The van der Waals surface area contributed by atoms with E-state index >= 15 is 0 Å². The first-order valence-electron chi connectivity index (χ1n) is 6.26. The Morgan fingerprint density at radius 1 is 1.29 bits per heavy atom. The van der Waals surface area contributed by atoms with Crippen molar-refractivity contribution in [1.82, 2.24) is 5.43 Å². The van der Waals surface area contributed by atoms with Gasteiger partial charge in [0.05, 0.1) is 0 Å². The van der Waals surface area contributed by atoms with Crippen LogP contribution < -0.4 is 11.3 Å². The molecular weight excluding hydrogens is 276 g/mol. The minimum Gasteiger partial charge on any atom is -0.271 e. The van der Waals surface area contributed by atoms with E-state index in [9.17, 15) is 0 Å². The molecule has 0 aliphatic rings. The first-order valence-corrected chi connectivity index (χ1v) is 7.06. The van der Waals surface area contributed by atoms with Crippen LogP contribution in [0, 0.1) is 12.8 Å². The van der Waals surface area contributed by atoms with Gasteiger partial charge in [0.2, 0.25) is 0 Å². The molecule has 0 bridgehead atoms. The Kier molecular flexibility index (Phi) is 6.17. The summed E-state index contributed by atoms with van der Waals surface area (Å²) < 4.78 is 1.11. The van der Waals surface area contributed by atoms with Crippen LogP contribution >= 0.6 is 15.9 Å². The van der Waals surface area contributed by atoms with Crippen LogP contribution in [0.3, 0.4) is 0 Å². The third kappa shape index (κ3) is 4.78. The lowest BCUT2D eigenvalue weighted by molar-refractivity contribution is 0.454. The molecule has 96 valence electrons. The van der Waals surface area contributed by atoms with E-state index in [2.05, 4.69) is 60.3 Å². The van der Waals surface area contributed by atoms with Crippen LogP contribution in [0.4, 0.5) is 0 Å². The van der Waals surface area contributed by atoms with Gasteiger partial charge in [-0.3, -0.25) is 11.3 Å². The van der Waals surface area contributed by atoms with Gasteiger partial charge in [0.25, 0.3) is 0 Å². The third-order valence-corrected chi connectivity index (χ3v) is 3.59. The van der Waals surface area contributed by atoms with Gasteiger partial charge in [-0.15, -0.1) is 0 Å². The average Bonchev–Trinajstić information content (AvgIpc) is 2.28. The molecule has 0 fully saturated rings. The molecule has 1 aromatic rings. The van der Waals surface area contributed by atoms with Crippen LogP contribution in [0.25, 0.3) is 0 Å². The second-order valence-electron chi connectivity index (χ2n) is 5.04. The Labute approximate surface area is 113 Å². The summed E-state index contributed by atoms with van der Waals surface area (Å²) in [6.45, 7) is 6.65. The Hall–Kier alpha value is -0.380. The van der Waals surface area contributed by atoms with Gasteiger partial charge in [-0.2, -0.15) is 0 Å². The van der Waals surface area contributed by atoms with Crippen molar-refractivity contribution >= 4 is 15.9 Å². The van der Waals surface area contributed by atoms with Gasteiger partial charge >= 0.3 is 0 Å². The highest BCUT2D eigenvalue weighted by atomic mass is 79.9. The molecule has 3 heteroatoms. The first-order chi connectivity index (χ1) is 8.04. The molecule has 0 amide bonds. The quantitative estimate of drug-likeness (QED) is 0.613. The zero-order chi connectivity index (χ0) is 12.8. The zero-order valence-electron chi connectivity index (χ0n) is 11.0. The normalized spacial score (nSPS) is 13.1. The van der Waals surface area contributed by atoms with Crippen LogP contribution in [0.5, 0.6) is 0 Å². The number of nitrogens with two attached hydrogens (primary N) is 1. The van der Waals surface area contributed by atoms with Crippen molar-refractivity contribution in [2.45, 2.75) is 46.1 Å². The Morgan fingerprint density at radius 3 is 2.59 bits per heavy atom. The van der Waals surface area contributed by atoms with Crippen LogP contribution in [-0.4, -0.2) is 0 Å². The second-order valence-corrected chi connectivity index (χ2v) is 5.96. The van der Waals surface area contributed by atoms with Crippen molar-refractivity contribution < 1.29 is 0 Å². The van der Waals surface area contributed by atoms with Gasteiger partial charge in [0.15, 0.2) is 0 Å². The largest absolute Gasteiger partial charge is 0.271 e. The summed E-state index contributed by atoms with van der Waals surface area (Å²) in [5, 5.41) is 0. The predicted molar refractivity (Wildman–Crippen MR) is 77.6 cm³/mol. The van der Waals surface area contributed by atoms with E-state index in [4.69, 9.17) is 5.84 Å². The van der Waals surface area contributed by atoms with E-state index in [1.807, 2.05) is 0 Å². The molecule has 1 rings (SSSR count). The smallest absolute Gasteiger partial charge is 0.0463 e. The van der Waals surface area contributed by atoms with Crippen LogP contribution in [0.15, 0.2) is 22.7 Å². The molecule has 0 aromatic heterocycles. The molecule has 0 aliphatic heterocycles. The van der Waals surface area contributed by atoms with Crippen molar-refractivity contribution in [3.63, 3.8) is 0 Å². The molecule has 17 heavy (non-hydrogen) atoms. The highest BCUT2D eigenvalue weighted by molar-refractivity contribution is 9.10. The molecule has 0 heterocycles. The third-order valence-electron chi connectivity index (χ3n) is 3.09. The molecular formula is C14H23BrN2. The summed E-state index contributed by atoms with van der Waals surface area (Å²) in [5.41, 5.74) is 5.53. The number of hydrazine groups is 1. The van der Waals surface area contributed by atoms with Crippen molar-refractivity contribution in [3.05, 3.63) is 33.8 Å². The fourth-order valence-corrected chi connectivity index (χ4v) is 2.42. The zero-order valence-corrected chi connectivity index (χ0v) is 12.5. The number of hydrogen-bond acceptors (Lipinski definition) is 2. The molecule has 3 N–H and O–H groups in total. The molecule has 1 aromatic carbocycles. The predicted octanol–water partition coefficient (Wildman–Crippen LogP) is 4.09. The van der Waals surface area contributed by atoms with Gasteiger partial charge in [-0.25, -0.2) is 0 Å². The van der Waals surface area contributed by atoms with Gasteiger partial charge < -0.3 is 0 Å². The summed E-state index contributed by atoms with van der Waals surface area (Å²) in [5.74, 6) is 6.44. The van der Waals surface area contributed by atoms with Gasteiger partial charge in [0.1, 0.15) is 0 Å². The lowest BCUT2D eigenvalue weighted by atomic mass is 9.95. The number of nitrogens with one attached hydrogen (secondary N) is 1. The SMILES string of the molecule is Cc1ccc(Br)cc1C(CCCC(C)C)NN. The summed E-state index contributed by atoms with van der Waals surface area (Å²) in [4.78, 5) is 0. The Bertz CT molecular complexity index is 350. The van der Waals surface area contributed by atoms with Crippen molar-refractivity contribution in [3.8, 4) is 0 Å². The van der Waals surface area contributed by atoms with Crippen LogP contribution in [0.1, 0.15) is 50.3 Å². The summed E-state index contributed by atoms with van der Waals surface area (Å²) in [6.07, 6.45) is 3.55. The lowest BCUT2D eigenvalue weighted by Gasteiger charge is -2.19. The maximum Gasteiger partial charge on any atom is 0.0463 e. The lowest BCUT2D eigenvalue weighted by Crippen LogP contribution is -2.28. The van der Waals surface area contributed by atoms with E-state index in [1.165, 1.54) is 24.0 Å². The molecule has 0 saturated heterocycles. The number of aryl methyl sites for hydroxylation is 1. The molecule has 0 aliphatic carbocycles. The van der Waals surface area contributed by atoms with Crippen molar-refractivity contribution in [2.75, 3.05) is 0 Å². The number of benzene rings is 1. The number of rotatable bonds is 6. The highest BCUT2D eigenvalue weighted by Crippen LogP contribution is 2.26. The molecule has 0 spiro atoms. The molecule has 1 atom stereocenters. The molecule has 0 radical (unpaired) electrons. The van der Waals surface area contributed by atoms with Crippen molar-refractivity contribution in [2.24, 2.45) is 11.8 Å². The maximum absolute atomic E-state index is 5.68. The summed E-state index contributed by atoms with van der Waals surface area (Å²) in [6, 6.07) is 6.62. The van der Waals surface area contributed by atoms with Gasteiger partial charge in [0, 0.05) is 10.5 Å². The van der Waals surface area contributed by atoms with Crippen LogP contribution in [-0.2, 0) is 0 Å². The van der Waals surface area contributed by atoms with Gasteiger partial charge in [-0.05, 0) is 42.5 Å². The topological polar surface area (TPSA) is 38.0 Å². The van der Waals surface area contributed by atoms with E-state index in [1.54, 1.807) is 0 Å². The maximum atomic E-state index is 5.68. The van der Waals surface area contributed by atoms with E-state index in [0.717, 1.165) is 16.8 Å². The van der Waals surface area contributed by atoms with Crippen molar-refractivity contribution in [1.29, 1.82) is 0 Å². The van der Waals surface area contributed by atoms with E-state index in [-0.39, 0.29) is 6.04 Å². The number of hydrogen-bond donors (Lipinski definition) is 2. The van der Waals surface area contributed by atoms with Gasteiger partial charge in [-0.1, -0.05) is 48.7 Å². The minimum atomic E-state index is 0.256. The van der Waals surface area contributed by atoms with E-state index < -0.39 is 0 Å². The van der Waals surface area contributed by atoms with Crippen LogP contribution in [0.2, 0.25) is 0 Å². The Balaban J connectivity index is 2.68. The monoisotopic (exact) mass is 298 g/mol. The van der Waals surface area contributed by atoms with E-state index in [0.29, 0.717) is 0 Å². The first kappa shape index (κ1) is 14.7. The summed E-state index contributed by atoms with van der Waals surface area (Å²) >= 11 is 3.52. The second kappa shape index (κ2) is 7.14. The minimum absolute atomic E-state index is 0.256. The Morgan fingerprint density at radius 2 is 2.00 bits per heavy atom. The standard InChI is InChI=1S/C14H23BrN2/c1-10(2)5-4-6-14(17-16)13-9-12(15)8-7-11(13)3/h7-10,14,17H,4-6,16H2,1-3H3. The summed E-state index contributed by atoms with van der Waals surface area (Å²) in [7, 11) is 0. The molecule has 2 nitrogen and oxygen atoms in total. The average molecular weight is 299 g/mol. The number of halogens is 1. The fourth-order valence-electron chi connectivity index (χ4n) is 2.05. The molecule has 1 unspecified atom stereocenters. The highest BCUT2D eigenvalue weighted by Gasteiger charge is 2.12.